The number of amides is 6. The van der Waals surface area contributed by atoms with Crippen molar-refractivity contribution < 1.29 is 48.5 Å². The van der Waals surface area contributed by atoms with Crippen molar-refractivity contribution in [3.63, 3.8) is 0 Å². The molecule has 8 heterocycles. The summed E-state index contributed by atoms with van der Waals surface area (Å²) in [5.74, 6) is -4.90. The number of aliphatic carboxylic acids is 1. The largest absolute Gasteiger partial charge is 0.481 e. The van der Waals surface area contributed by atoms with Crippen molar-refractivity contribution in [2.24, 2.45) is 11.8 Å². The fraction of sp³-hybridized carbons (Fsp3) is 0.321. The van der Waals surface area contributed by atoms with Gasteiger partial charge in [-0.25, -0.2) is 34.9 Å². The van der Waals surface area contributed by atoms with Gasteiger partial charge in [0.2, 0.25) is 17.7 Å². The normalized spacial score (nSPS) is 16.8. The summed E-state index contributed by atoms with van der Waals surface area (Å²) in [7, 11) is 2.93. The molecule has 23 nitrogen and oxygen atoms in total. The van der Waals surface area contributed by atoms with Crippen LogP contribution < -0.4 is 31.9 Å². The molecule has 6 amide bonds. The number of pyridine rings is 1. The number of carbonyl (C=O) groups excluding carboxylic acids is 6. The lowest BCUT2D eigenvalue weighted by Crippen LogP contribution is -2.40. The Morgan fingerprint density at radius 1 is 0.707 bits per heavy atom. The number of fused-ring (bicyclic) bond motifs is 14. The molecule has 0 saturated heterocycles. The van der Waals surface area contributed by atoms with Crippen LogP contribution in [0.3, 0.4) is 0 Å². The van der Waals surface area contributed by atoms with Gasteiger partial charge < -0.3 is 46.9 Å². The number of aryl methyl sites for hydroxylation is 1. The van der Waals surface area contributed by atoms with Gasteiger partial charge in [0.1, 0.15) is 82.2 Å². The number of methoxy groups -OCH3 is 1. The van der Waals surface area contributed by atoms with Crippen molar-refractivity contribution >= 4 is 115 Å². The average molecular weight is 1220 g/mol. The number of hydrogen-bond donors (Lipinski definition) is 8. The SMILES string of the molecule is CNC(=O)C[C@@H]1NC(=O)c2csc(n2)-c2ccc(-c3nc(NC(=O)[C@H](C)CCC(=O)O)cs3)nc2-c2csc(n2)-c2csc(n2)[C@H]([C@@H](O)c2ccccc2)NC(=O)CNC(=O)c2nc(sc2COC)[C@H](C(C)C)NC(=O)c2nc1sc2C. The molecule has 1 aliphatic rings. The maximum Gasteiger partial charge on any atom is 0.303 e. The number of carboxylic acids is 1. The summed E-state index contributed by atoms with van der Waals surface area (Å²) >= 11 is 7.12. The molecule has 426 valence electrons. The fourth-order valence-corrected chi connectivity index (χ4v) is 13.9. The second kappa shape index (κ2) is 26.1. The maximum absolute atomic E-state index is 14.3. The number of nitrogens with one attached hydrogen (secondary N) is 6. The number of carboxylic acid groups (broad SMARTS) is 1. The number of hydrogen-bond acceptors (Lipinski definition) is 22. The molecule has 1 aliphatic heterocycles. The van der Waals surface area contributed by atoms with Gasteiger partial charge in [0.25, 0.3) is 17.7 Å². The van der Waals surface area contributed by atoms with E-state index in [2.05, 4.69) is 46.9 Å². The molecule has 8 aromatic rings. The molecule has 9 rings (SSSR count). The highest BCUT2D eigenvalue weighted by Crippen LogP contribution is 2.40. The highest BCUT2D eigenvalue weighted by Gasteiger charge is 2.33. The molecule has 5 atom stereocenters. The second-order valence-electron chi connectivity index (χ2n) is 19.0. The second-order valence-corrected chi connectivity index (χ2v) is 24.8. The Morgan fingerprint density at radius 3 is 2.16 bits per heavy atom. The minimum atomic E-state index is -1.28. The van der Waals surface area contributed by atoms with Crippen molar-refractivity contribution in [3.8, 4) is 43.4 Å². The van der Waals surface area contributed by atoms with E-state index in [4.69, 9.17) is 29.8 Å². The molecule has 0 fully saturated rings. The van der Waals surface area contributed by atoms with E-state index in [0.29, 0.717) is 68.7 Å². The number of carbonyl (C=O) groups is 7. The lowest BCUT2D eigenvalue weighted by atomic mass is 10.0. The Labute approximate surface area is 492 Å². The summed E-state index contributed by atoms with van der Waals surface area (Å²) in [5.41, 5.74) is 2.62. The van der Waals surface area contributed by atoms with Gasteiger partial charge in [0.05, 0.1) is 42.2 Å². The van der Waals surface area contributed by atoms with E-state index in [1.807, 2.05) is 13.8 Å². The van der Waals surface area contributed by atoms with Crippen molar-refractivity contribution in [2.75, 3.05) is 26.0 Å². The van der Waals surface area contributed by atoms with E-state index in [0.717, 1.165) is 22.7 Å². The highest BCUT2D eigenvalue weighted by atomic mass is 32.1. The third-order valence-corrected chi connectivity index (χ3v) is 18.5. The molecule has 8 N–H and O–H groups in total. The lowest BCUT2D eigenvalue weighted by Gasteiger charge is -2.23. The monoisotopic (exact) mass is 1220 g/mol. The molecule has 0 saturated carbocycles. The van der Waals surface area contributed by atoms with Crippen LogP contribution in [0.25, 0.3) is 43.4 Å². The minimum absolute atomic E-state index is 0.00126. The van der Waals surface area contributed by atoms with E-state index in [1.54, 1.807) is 77.8 Å². The predicted octanol–water partition coefficient (Wildman–Crippen LogP) is 7.75. The van der Waals surface area contributed by atoms with Crippen LogP contribution >= 0.6 is 68.0 Å². The number of aromatic nitrogens is 7. The summed E-state index contributed by atoms with van der Waals surface area (Å²) < 4.78 is 5.44. The van der Waals surface area contributed by atoms with Gasteiger partial charge in [-0.3, -0.25) is 33.6 Å². The van der Waals surface area contributed by atoms with Crippen LogP contribution in [0, 0.1) is 18.8 Å². The Bertz CT molecular complexity index is 3680. The highest BCUT2D eigenvalue weighted by molar-refractivity contribution is 7.15. The number of nitrogens with zero attached hydrogens (tertiary/aromatic N) is 7. The Morgan fingerprint density at radius 2 is 1.41 bits per heavy atom. The number of thiazole rings is 6. The van der Waals surface area contributed by atoms with Crippen LogP contribution in [0.4, 0.5) is 5.82 Å². The fourth-order valence-electron chi connectivity index (χ4n) is 8.36. The quantitative estimate of drug-likeness (QED) is 0.0547. The summed E-state index contributed by atoms with van der Waals surface area (Å²) in [6.07, 6.45) is -1.53. The van der Waals surface area contributed by atoms with Gasteiger partial charge in [0.15, 0.2) is 0 Å². The third kappa shape index (κ3) is 13.6. The van der Waals surface area contributed by atoms with Gasteiger partial charge >= 0.3 is 5.97 Å². The summed E-state index contributed by atoms with van der Waals surface area (Å²) in [6, 6.07) is 9.42. The molecule has 0 radical (unpaired) electrons. The zero-order valence-corrected chi connectivity index (χ0v) is 49.5. The molecule has 7 aromatic heterocycles. The van der Waals surface area contributed by atoms with Crippen LogP contribution in [-0.2, 0) is 30.5 Å². The summed E-state index contributed by atoms with van der Waals surface area (Å²) in [6.45, 7) is 6.58. The Balaban J connectivity index is 1.12. The topological polar surface area (TPSA) is 332 Å². The van der Waals surface area contributed by atoms with E-state index in [9.17, 15) is 38.7 Å². The molecule has 0 spiro atoms. The first-order valence-corrected chi connectivity index (χ1v) is 30.5. The molecule has 1 aromatic carbocycles. The van der Waals surface area contributed by atoms with E-state index in [-0.39, 0.29) is 65.6 Å². The van der Waals surface area contributed by atoms with Crippen LogP contribution in [0.5, 0.6) is 0 Å². The summed E-state index contributed by atoms with van der Waals surface area (Å²) in [4.78, 5) is 128. The first-order valence-electron chi connectivity index (χ1n) is 25.3. The molecule has 0 aliphatic carbocycles. The van der Waals surface area contributed by atoms with Gasteiger partial charge in [0, 0.05) is 58.5 Å². The number of aliphatic hydroxyl groups excluding tert-OH is 1. The van der Waals surface area contributed by atoms with Gasteiger partial charge in [-0.1, -0.05) is 51.1 Å². The van der Waals surface area contributed by atoms with Crippen LogP contribution in [0.2, 0.25) is 0 Å². The maximum atomic E-state index is 14.3. The number of rotatable bonds is 13. The van der Waals surface area contributed by atoms with Gasteiger partial charge in [-0.2, -0.15) is 0 Å². The summed E-state index contributed by atoms with van der Waals surface area (Å²) in [5, 5.41) is 46.9. The standard InChI is InChI=1S/C53H53N13O10S6/c1-23(2)38-53-66-41(33(82-53)18-76-6)46(74)55-17-36(68)63-42(43(71)26-10-8-7-9-11-26)52-60-32(21-79-52)50-58-30(19-78-50)40-27(13-14-28(56-40)49-62-34(22-80-49)61-44(72)24(3)12-15-37(69)70)48-59-31(20-77-48)45(73)57-29(16-35(67)54-5)51-65-39(25(4)81-51)47(75)64-38/h7-11,13-14,19-24,29,38,42-43,71H,12,15-18H2,1-6H3,(H,54,67)(H,55,74)(H,57,73)(H,61,72)(H,63,68)(H,64,75)(H,69,70)/t24-,29+,38+,42+,43+/m1/s1. The van der Waals surface area contributed by atoms with Gasteiger partial charge in [-0.05, 0) is 37.0 Å². The molecule has 10 bridgehead atoms. The predicted molar refractivity (Wildman–Crippen MR) is 312 cm³/mol. The van der Waals surface area contributed by atoms with Crippen molar-refractivity contribution in [3.05, 3.63) is 111 Å². The molecule has 82 heavy (non-hydrogen) atoms. The molecular weight excluding hydrogens is 1170 g/mol. The van der Waals surface area contributed by atoms with Crippen LogP contribution in [0.1, 0.15) is 126 Å². The first kappa shape index (κ1) is 59.0. The Kier molecular flexibility index (Phi) is 18.8. The number of aliphatic hydroxyl groups is 1. The van der Waals surface area contributed by atoms with E-state index >= 15 is 0 Å². The van der Waals surface area contributed by atoms with Crippen LogP contribution in [0.15, 0.2) is 64.0 Å². The van der Waals surface area contributed by atoms with Crippen molar-refractivity contribution in [2.45, 2.75) is 77.8 Å². The third-order valence-electron chi connectivity index (χ3n) is 12.7. The first-order chi connectivity index (χ1) is 39.4. The number of anilines is 1. The van der Waals surface area contributed by atoms with Crippen LogP contribution in [-0.4, -0.2) is 107 Å². The number of benzene rings is 1. The minimum Gasteiger partial charge on any atom is -0.481 e. The van der Waals surface area contributed by atoms with E-state index < -0.39 is 72.2 Å². The van der Waals surface area contributed by atoms with E-state index in [1.165, 1.54) is 59.5 Å². The van der Waals surface area contributed by atoms with Crippen molar-refractivity contribution in [1.29, 1.82) is 0 Å². The Hall–Kier alpha value is -7.64. The smallest absolute Gasteiger partial charge is 0.303 e. The molecule has 0 unspecified atom stereocenters. The van der Waals surface area contributed by atoms with Gasteiger partial charge in [-0.15, -0.1) is 68.0 Å². The average Bonchev–Trinajstić information content (AvgIpc) is 4.33. The zero-order valence-electron chi connectivity index (χ0n) is 44.6. The molecule has 29 heteroatoms. The molecular formula is C53H53N13O10S6. The number of ether oxygens (including phenoxy) is 1. The zero-order chi connectivity index (χ0) is 58.4. The van der Waals surface area contributed by atoms with Crippen molar-refractivity contribution in [1.82, 2.24) is 61.5 Å². The lowest BCUT2D eigenvalue weighted by molar-refractivity contribution is -0.137.